The van der Waals surface area contributed by atoms with Crippen LogP contribution >= 0.6 is 11.8 Å². The minimum Gasteiger partial charge on any atom is -0.355 e. The van der Waals surface area contributed by atoms with Crippen LogP contribution in [-0.2, 0) is 10.2 Å². The lowest BCUT2D eigenvalue weighted by molar-refractivity contribution is -0.120. The van der Waals surface area contributed by atoms with Crippen LogP contribution in [0.25, 0.3) is 0 Å². The van der Waals surface area contributed by atoms with Crippen molar-refractivity contribution >= 4 is 17.7 Å². The van der Waals surface area contributed by atoms with E-state index in [9.17, 15) is 9.18 Å². The van der Waals surface area contributed by atoms with Gasteiger partial charge in [0.15, 0.2) is 0 Å². The SMILES string of the molecule is CC(CNC(=O)CCSc1ccccc1F)(c1ccccc1)c1ccccc1. The number of carbonyl (C=O) groups excluding carboxylic acids is 1. The summed E-state index contributed by atoms with van der Waals surface area (Å²) in [5.41, 5.74) is 1.99. The highest BCUT2D eigenvalue weighted by Gasteiger charge is 2.29. The van der Waals surface area contributed by atoms with Crippen molar-refractivity contribution in [2.45, 2.75) is 23.7 Å². The van der Waals surface area contributed by atoms with Gasteiger partial charge in [-0.05, 0) is 30.2 Å². The van der Waals surface area contributed by atoms with E-state index >= 15 is 0 Å². The summed E-state index contributed by atoms with van der Waals surface area (Å²) in [7, 11) is 0. The van der Waals surface area contributed by atoms with Gasteiger partial charge in [0.05, 0.1) is 0 Å². The molecule has 0 atom stereocenters. The van der Waals surface area contributed by atoms with Gasteiger partial charge in [-0.1, -0.05) is 72.8 Å². The van der Waals surface area contributed by atoms with Crippen LogP contribution in [0.4, 0.5) is 4.39 Å². The Bertz CT molecular complexity index is 859. The number of benzene rings is 3. The summed E-state index contributed by atoms with van der Waals surface area (Å²) in [4.78, 5) is 13.0. The van der Waals surface area contributed by atoms with Gasteiger partial charge in [0.1, 0.15) is 5.82 Å². The summed E-state index contributed by atoms with van der Waals surface area (Å²) < 4.78 is 13.7. The Hall–Kier alpha value is -2.59. The zero-order valence-corrected chi connectivity index (χ0v) is 16.7. The number of hydrogen-bond acceptors (Lipinski definition) is 2. The lowest BCUT2D eigenvalue weighted by Crippen LogP contribution is -2.39. The average Bonchev–Trinajstić information content (AvgIpc) is 2.74. The normalized spacial score (nSPS) is 11.2. The smallest absolute Gasteiger partial charge is 0.220 e. The van der Waals surface area contributed by atoms with Crippen LogP contribution in [0.2, 0.25) is 0 Å². The van der Waals surface area contributed by atoms with E-state index in [1.54, 1.807) is 18.2 Å². The molecule has 0 saturated heterocycles. The third kappa shape index (κ3) is 5.02. The molecule has 0 heterocycles. The van der Waals surface area contributed by atoms with Crippen LogP contribution < -0.4 is 5.32 Å². The molecule has 0 spiro atoms. The predicted molar refractivity (Wildman–Crippen MR) is 114 cm³/mol. The maximum absolute atomic E-state index is 13.7. The molecule has 0 saturated carbocycles. The molecule has 0 radical (unpaired) electrons. The third-order valence-corrected chi connectivity index (χ3v) is 5.93. The van der Waals surface area contributed by atoms with Gasteiger partial charge in [-0.15, -0.1) is 11.8 Å². The number of thioether (sulfide) groups is 1. The van der Waals surface area contributed by atoms with Crippen molar-refractivity contribution in [2.24, 2.45) is 0 Å². The standard InChI is InChI=1S/C24H24FNOS/c1-24(19-10-4-2-5-11-19,20-12-6-3-7-13-20)18-26-23(27)16-17-28-22-15-9-8-14-21(22)25/h2-15H,16-18H2,1H3,(H,26,27). The topological polar surface area (TPSA) is 29.1 Å². The number of rotatable bonds is 8. The van der Waals surface area contributed by atoms with E-state index in [1.807, 2.05) is 36.4 Å². The average molecular weight is 394 g/mol. The molecule has 2 nitrogen and oxygen atoms in total. The molecule has 3 aromatic rings. The molecule has 144 valence electrons. The Labute approximate surface area is 170 Å². The summed E-state index contributed by atoms with van der Waals surface area (Å²) in [6.07, 6.45) is 0.346. The van der Waals surface area contributed by atoms with E-state index in [4.69, 9.17) is 0 Å². The summed E-state index contributed by atoms with van der Waals surface area (Å²) in [5.74, 6) is 0.274. The minimum absolute atomic E-state index is 0.0260. The van der Waals surface area contributed by atoms with Crippen LogP contribution in [0.15, 0.2) is 89.8 Å². The Morgan fingerprint density at radius 2 is 1.43 bits per heavy atom. The Balaban J connectivity index is 1.62. The Morgan fingerprint density at radius 3 is 2.00 bits per heavy atom. The summed E-state index contributed by atoms with van der Waals surface area (Å²) in [6, 6.07) is 27.1. The first-order valence-corrected chi connectivity index (χ1v) is 10.3. The highest BCUT2D eigenvalue weighted by Crippen LogP contribution is 2.31. The number of nitrogens with one attached hydrogen (secondary N) is 1. The molecule has 3 aromatic carbocycles. The summed E-state index contributed by atoms with van der Waals surface area (Å²) in [5, 5.41) is 3.08. The lowest BCUT2D eigenvalue weighted by Gasteiger charge is -2.31. The van der Waals surface area contributed by atoms with E-state index < -0.39 is 0 Å². The molecule has 0 aliphatic carbocycles. The molecule has 0 aliphatic rings. The van der Waals surface area contributed by atoms with Crippen molar-refractivity contribution in [3.8, 4) is 0 Å². The number of hydrogen-bond donors (Lipinski definition) is 1. The first kappa shape index (κ1) is 20.2. The number of amides is 1. The Kier molecular flexibility index (Phi) is 6.88. The van der Waals surface area contributed by atoms with Gasteiger partial charge >= 0.3 is 0 Å². The highest BCUT2D eigenvalue weighted by atomic mass is 32.2. The summed E-state index contributed by atoms with van der Waals surface area (Å²) >= 11 is 1.37. The fourth-order valence-corrected chi connectivity index (χ4v) is 4.05. The fourth-order valence-electron chi connectivity index (χ4n) is 3.16. The maximum atomic E-state index is 13.7. The van der Waals surface area contributed by atoms with Gasteiger partial charge in [0, 0.05) is 29.0 Å². The van der Waals surface area contributed by atoms with E-state index in [2.05, 4.69) is 36.5 Å². The second kappa shape index (κ2) is 9.56. The van der Waals surface area contributed by atoms with Crippen molar-refractivity contribution in [3.63, 3.8) is 0 Å². The third-order valence-electron chi connectivity index (χ3n) is 4.88. The van der Waals surface area contributed by atoms with Crippen molar-refractivity contribution in [2.75, 3.05) is 12.3 Å². The van der Waals surface area contributed by atoms with Gasteiger partial charge in [0.25, 0.3) is 0 Å². The molecular formula is C24H24FNOS. The van der Waals surface area contributed by atoms with Gasteiger partial charge in [-0.25, -0.2) is 4.39 Å². The van der Waals surface area contributed by atoms with E-state index in [0.29, 0.717) is 23.6 Å². The lowest BCUT2D eigenvalue weighted by atomic mass is 9.76. The Morgan fingerprint density at radius 1 is 0.893 bits per heavy atom. The van der Waals surface area contributed by atoms with E-state index in [0.717, 1.165) is 11.1 Å². The number of halogens is 1. The second-order valence-corrected chi connectivity index (χ2v) is 8.01. The van der Waals surface area contributed by atoms with Crippen LogP contribution in [0.5, 0.6) is 0 Å². The molecule has 0 aliphatic heterocycles. The van der Waals surface area contributed by atoms with Gasteiger partial charge < -0.3 is 5.32 Å². The molecule has 4 heteroatoms. The fraction of sp³-hybridized carbons (Fsp3) is 0.208. The van der Waals surface area contributed by atoms with Gasteiger partial charge in [-0.3, -0.25) is 4.79 Å². The molecule has 0 fully saturated rings. The molecule has 0 bridgehead atoms. The molecule has 28 heavy (non-hydrogen) atoms. The van der Waals surface area contributed by atoms with Crippen molar-refractivity contribution in [1.29, 1.82) is 0 Å². The monoisotopic (exact) mass is 393 g/mol. The van der Waals surface area contributed by atoms with Crippen molar-refractivity contribution in [1.82, 2.24) is 5.32 Å². The van der Waals surface area contributed by atoms with Crippen LogP contribution in [-0.4, -0.2) is 18.2 Å². The van der Waals surface area contributed by atoms with E-state index in [1.165, 1.54) is 17.8 Å². The molecule has 0 aromatic heterocycles. The zero-order chi connectivity index (χ0) is 19.8. The van der Waals surface area contributed by atoms with Crippen LogP contribution in [0.3, 0.4) is 0 Å². The first-order valence-electron chi connectivity index (χ1n) is 9.35. The molecule has 0 unspecified atom stereocenters. The molecule has 3 rings (SSSR count). The molecule has 1 amide bonds. The zero-order valence-electron chi connectivity index (χ0n) is 15.9. The van der Waals surface area contributed by atoms with Crippen molar-refractivity contribution in [3.05, 3.63) is 102 Å². The minimum atomic E-state index is -0.323. The molecule has 1 N–H and O–H groups in total. The highest BCUT2D eigenvalue weighted by molar-refractivity contribution is 7.99. The van der Waals surface area contributed by atoms with Crippen LogP contribution in [0, 0.1) is 5.82 Å². The summed E-state index contributed by atoms with van der Waals surface area (Å²) in [6.45, 7) is 2.65. The second-order valence-electron chi connectivity index (χ2n) is 6.87. The first-order chi connectivity index (χ1) is 13.6. The predicted octanol–water partition coefficient (Wildman–Crippen LogP) is 5.43. The quantitative estimate of drug-likeness (QED) is 0.517. The maximum Gasteiger partial charge on any atom is 0.220 e. The number of carbonyl (C=O) groups is 1. The van der Waals surface area contributed by atoms with E-state index in [-0.39, 0.29) is 17.1 Å². The molecular weight excluding hydrogens is 369 g/mol. The van der Waals surface area contributed by atoms with Crippen LogP contribution in [0.1, 0.15) is 24.5 Å². The van der Waals surface area contributed by atoms with Crippen molar-refractivity contribution < 1.29 is 9.18 Å². The van der Waals surface area contributed by atoms with Gasteiger partial charge in [-0.2, -0.15) is 0 Å². The largest absolute Gasteiger partial charge is 0.355 e. The van der Waals surface area contributed by atoms with Gasteiger partial charge in [0.2, 0.25) is 5.91 Å².